The largest absolute Gasteiger partial charge is 0.424 e. The minimum atomic E-state index is -3.22. The standard InChI is InChI=1S/C38H62O6P2/c1-35-27-19-13-9-5-3-7-12-16-26-34-46(40,44-38-31-23-18-24-32-38)42-36(2)28-20-14-10-6-4-8-11-15-25-33-45(39,41-35)43-37-29-21-17-22-30-37/h17-18,21-24,29-32,35-36H,3-16,19-20,25-28,33-34H2,1-2H3/t35-,36+,45?,46?. The van der Waals surface area contributed by atoms with Crippen LogP contribution in [0.2, 0.25) is 0 Å². The maximum Gasteiger partial charge on any atom is 0.379 e. The fourth-order valence-electron chi connectivity index (χ4n) is 6.13. The lowest BCUT2D eigenvalue weighted by molar-refractivity contribution is 0.179. The van der Waals surface area contributed by atoms with E-state index in [2.05, 4.69) is 0 Å². The average molecular weight is 677 g/mol. The number of rotatable bonds is 4. The molecule has 0 radical (unpaired) electrons. The second-order valence-corrected chi connectivity index (χ2v) is 17.4. The van der Waals surface area contributed by atoms with Crippen molar-refractivity contribution in [2.75, 3.05) is 12.3 Å². The Morgan fingerprint density at radius 3 is 1.07 bits per heavy atom. The zero-order chi connectivity index (χ0) is 32.8. The van der Waals surface area contributed by atoms with Gasteiger partial charge < -0.3 is 9.05 Å². The van der Waals surface area contributed by atoms with Crippen molar-refractivity contribution in [3.63, 3.8) is 0 Å². The van der Waals surface area contributed by atoms with Crippen LogP contribution in [0.3, 0.4) is 0 Å². The molecule has 2 unspecified atom stereocenters. The summed E-state index contributed by atoms with van der Waals surface area (Å²) in [5, 5.41) is 0. The van der Waals surface area contributed by atoms with Gasteiger partial charge >= 0.3 is 15.2 Å². The summed E-state index contributed by atoms with van der Waals surface area (Å²) < 4.78 is 52.0. The highest BCUT2D eigenvalue weighted by molar-refractivity contribution is 7.54. The van der Waals surface area contributed by atoms with Crippen LogP contribution in [0.5, 0.6) is 11.5 Å². The number of benzene rings is 2. The molecule has 1 fully saturated rings. The quantitative estimate of drug-likeness (QED) is 0.300. The zero-order valence-corrected chi connectivity index (χ0v) is 30.6. The Labute approximate surface area is 280 Å². The Hall–Kier alpha value is -1.58. The molecule has 4 atom stereocenters. The molecule has 1 saturated heterocycles. The van der Waals surface area contributed by atoms with E-state index in [0.717, 1.165) is 77.0 Å². The van der Waals surface area contributed by atoms with Crippen molar-refractivity contribution in [3.05, 3.63) is 60.7 Å². The van der Waals surface area contributed by atoms with Gasteiger partial charge in [-0.3, -0.25) is 9.05 Å². The van der Waals surface area contributed by atoms with Gasteiger partial charge in [0.15, 0.2) is 0 Å². The summed E-state index contributed by atoms with van der Waals surface area (Å²) in [7, 11) is -6.43. The van der Waals surface area contributed by atoms with Crippen LogP contribution in [0.15, 0.2) is 60.7 Å². The van der Waals surface area contributed by atoms with Crippen molar-refractivity contribution in [1.29, 1.82) is 0 Å². The van der Waals surface area contributed by atoms with Gasteiger partial charge in [0.05, 0.1) is 24.5 Å². The molecule has 2 aromatic carbocycles. The Morgan fingerprint density at radius 1 is 0.457 bits per heavy atom. The van der Waals surface area contributed by atoms with E-state index in [4.69, 9.17) is 18.1 Å². The molecule has 0 N–H and O–H groups in total. The Morgan fingerprint density at radius 2 is 0.739 bits per heavy atom. The first-order chi connectivity index (χ1) is 22.4. The average Bonchev–Trinajstić information content (AvgIpc) is 3.03. The van der Waals surface area contributed by atoms with E-state index in [1.54, 1.807) is 0 Å². The van der Waals surface area contributed by atoms with Crippen molar-refractivity contribution in [2.45, 2.75) is 154 Å². The van der Waals surface area contributed by atoms with Gasteiger partial charge in [0.2, 0.25) is 0 Å². The van der Waals surface area contributed by atoms with E-state index in [9.17, 15) is 9.13 Å². The van der Waals surface area contributed by atoms with Gasteiger partial charge in [0.25, 0.3) is 0 Å². The van der Waals surface area contributed by atoms with Crippen molar-refractivity contribution >= 4 is 15.2 Å². The highest BCUT2D eigenvalue weighted by Gasteiger charge is 2.29. The maximum atomic E-state index is 13.8. The summed E-state index contributed by atoms with van der Waals surface area (Å²) in [6, 6.07) is 19.0. The molecule has 2 aromatic rings. The lowest BCUT2D eigenvalue weighted by Crippen LogP contribution is -2.12. The molecule has 1 heterocycles. The van der Waals surface area contributed by atoms with Crippen LogP contribution >= 0.6 is 15.2 Å². The second-order valence-electron chi connectivity index (χ2n) is 13.3. The van der Waals surface area contributed by atoms with E-state index in [-0.39, 0.29) is 12.2 Å². The van der Waals surface area contributed by atoms with E-state index in [0.29, 0.717) is 23.8 Å². The molecule has 260 valence electrons. The highest BCUT2D eigenvalue weighted by Crippen LogP contribution is 2.51. The third-order valence-electron chi connectivity index (χ3n) is 8.74. The molecule has 6 nitrogen and oxygen atoms in total. The number of para-hydroxylation sites is 2. The summed E-state index contributed by atoms with van der Waals surface area (Å²) in [4.78, 5) is 0. The van der Waals surface area contributed by atoms with Gasteiger partial charge in [-0.1, -0.05) is 139 Å². The molecule has 0 spiro atoms. The third kappa shape index (κ3) is 17.5. The zero-order valence-electron chi connectivity index (χ0n) is 28.8. The van der Waals surface area contributed by atoms with E-state index in [1.165, 1.54) is 51.4 Å². The molecule has 8 heteroatoms. The fraction of sp³-hybridized carbons (Fsp3) is 0.684. The van der Waals surface area contributed by atoms with Gasteiger partial charge in [0, 0.05) is 0 Å². The predicted molar refractivity (Wildman–Crippen MR) is 193 cm³/mol. The van der Waals surface area contributed by atoms with Gasteiger partial charge in [-0.15, -0.1) is 0 Å². The minimum absolute atomic E-state index is 0.0878. The summed E-state index contributed by atoms with van der Waals surface area (Å²) in [6.07, 6.45) is 22.8. The molecule has 46 heavy (non-hydrogen) atoms. The van der Waals surface area contributed by atoms with Crippen LogP contribution in [-0.2, 0) is 18.2 Å². The molecule has 0 aromatic heterocycles. The molecule has 0 amide bonds. The monoisotopic (exact) mass is 676 g/mol. The summed E-state index contributed by atoms with van der Waals surface area (Å²) in [5.74, 6) is 1.25. The molecular weight excluding hydrogens is 614 g/mol. The first-order valence-corrected chi connectivity index (χ1v) is 21.9. The molecule has 0 saturated carbocycles. The smallest absolute Gasteiger partial charge is 0.379 e. The normalized spacial score (nSPS) is 28.7. The molecule has 3 rings (SSSR count). The first kappa shape index (κ1) is 38.9. The van der Waals surface area contributed by atoms with Crippen molar-refractivity contribution in [3.8, 4) is 11.5 Å². The van der Waals surface area contributed by atoms with Crippen LogP contribution in [-0.4, -0.2) is 24.5 Å². The minimum Gasteiger partial charge on any atom is -0.424 e. The number of hydrogen-bond donors (Lipinski definition) is 0. The molecule has 0 bridgehead atoms. The molecular formula is C38H62O6P2. The van der Waals surface area contributed by atoms with Crippen LogP contribution in [0.25, 0.3) is 0 Å². The van der Waals surface area contributed by atoms with Crippen LogP contribution in [0.4, 0.5) is 0 Å². The van der Waals surface area contributed by atoms with Crippen LogP contribution in [0, 0.1) is 0 Å². The van der Waals surface area contributed by atoms with Gasteiger partial charge in [-0.25, -0.2) is 9.13 Å². The Balaban J connectivity index is 1.48. The fourth-order valence-corrected chi connectivity index (χ4v) is 10.0. The van der Waals surface area contributed by atoms with E-state index in [1.807, 2.05) is 74.5 Å². The van der Waals surface area contributed by atoms with E-state index >= 15 is 0 Å². The van der Waals surface area contributed by atoms with Gasteiger partial charge in [0.1, 0.15) is 11.5 Å². The van der Waals surface area contributed by atoms with Crippen LogP contribution < -0.4 is 9.05 Å². The summed E-state index contributed by atoms with van der Waals surface area (Å²) in [5.41, 5.74) is 0. The Bertz CT molecular complexity index is 1040. The van der Waals surface area contributed by atoms with Crippen molar-refractivity contribution in [2.24, 2.45) is 0 Å². The lowest BCUT2D eigenvalue weighted by Gasteiger charge is -2.23. The summed E-state index contributed by atoms with van der Waals surface area (Å²) in [6.45, 7) is 4.07. The number of hydrogen-bond acceptors (Lipinski definition) is 6. The highest BCUT2D eigenvalue weighted by atomic mass is 31.2. The SMILES string of the molecule is C[C@@H]1CCCCCCCCCCCP(=O)(Oc2ccccc2)O[C@@H](C)CCCCCCCCCCCP(=O)(Oc2ccccc2)O1. The van der Waals surface area contributed by atoms with Crippen molar-refractivity contribution in [1.82, 2.24) is 0 Å². The Kier molecular flexibility index (Phi) is 19.3. The summed E-state index contributed by atoms with van der Waals surface area (Å²) >= 11 is 0. The molecule has 1 aliphatic rings. The predicted octanol–water partition coefficient (Wildman–Crippen LogP) is 13.2. The first-order valence-electron chi connectivity index (χ1n) is 18.4. The lowest BCUT2D eigenvalue weighted by atomic mass is 10.1. The topological polar surface area (TPSA) is 71.1 Å². The van der Waals surface area contributed by atoms with Gasteiger partial charge in [-0.2, -0.15) is 0 Å². The molecule has 1 aliphatic heterocycles. The van der Waals surface area contributed by atoms with Gasteiger partial charge in [-0.05, 0) is 63.8 Å². The third-order valence-corrected chi connectivity index (χ3v) is 12.8. The van der Waals surface area contributed by atoms with Crippen LogP contribution in [0.1, 0.15) is 142 Å². The second kappa shape index (κ2) is 22.9. The molecule has 0 aliphatic carbocycles. The maximum absolute atomic E-state index is 13.8. The van der Waals surface area contributed by atoms with Crippen molar-refractivity contribution < 1.29 is 27.2 Å². The van der Waals surface area contributed by atoms with E-state index < -0.39 is 15.2 Å².